The van der Waals surface area contributed by atoms with Gasteiger partial charge in [0.15, 0.2) is 0 Å². The minimum Gasteiger partial charge on any atom is -0.489 e. The van der Waals surface area contributed by atoms with E-state index < -0.39 is 0 Å². The molecule has 20 heavy (non-hydrogen) atoms. The molecule has 0 bridgehead atoms. The van der Waals surface area contributed by atoms with Crippen molar-refractivity contribution >= 4 is 0 Å². The number of hydrogen-bond donors (Lipinski definition) is 1. The first-order chi connectivity index (χ1) is 9.65. The highest BCUT2D eigenvalue weighted by Crippen LogP contribution is 2.22. The Bertz CT molecular complexity index is 417. The van der Waals surface area contributed by atoms with Gasteiger partial charge in [0.05, 0.1) is 12.3 Å². The molecule has 0 aromatic carbocycles. The number of pyridine rings is 1. The minimum atomic E-state index is 0.564. The second-order valence-corrected chi connectivity index (χ2v) is 5.87. The molecule has 2 rings (SSSR count). The van der Waals surface area contributed by atoms with E-state index in [4.69, 9.17) is 9.47 Å². The van der Waals surface area contributed by atoms with Crippen molar-refractivity contribution in [2.75, 3.05) is 19.8 Å². The van der Waals surface area contributed by atoms with Gasteiger partial charge in [0, 0.05) is 24.9 Å². The van der Waals surface area contributed by atoms with Crippen molar-refractivity contribution < 1.29 is 9.47 Å². The van der Waals surface area contributed by atoms with Gasteiger partial charge in [-0.2, -0.15) is 0 Å². The van der Waals surface area contributed by atoms with Crippen molar-refractivity contribution in [1.82, 2.24) is 10.3 Å². The first-order valence-corrected chi connectivity index (χ1v) is 7.55. The molecule has 0 radical (unpaired) electrons. The summed E-state index contributed by atoms with van der Waals surface area (Å²) in [4.78, 5) is 4.57. The Morgan fingerprint density at radius 2 is 2.10 bits per heavy atom. The van der Waals surface area contributed by atoms with Crippen LogP contribution in [0, 0.1) is 12.8 Å². The molecule has 1 fully saturated rings. The number of hydrogen-bond acceptors (Lipinski definition) is 4. The third kappa shape index (κ3) is 5.47. The first-order valence-electron chi connectivity index (χ1n) is 7.55. The van der Waals surface area contributed by atoms with Crippen LogP contribution in [-0.2, 0) is 11.3 Å². The molecule has 4 nitrogen and oxygen atoms in total. The number of rotatable bonds is 9. The van der Waals surface area contributed by atoms with Crippen molar-refractivity contribution in [1.29, 1.82) is 0 Å². The molecule has 1 heterocycles. The van der Waals surface area contributed by atoms with E-state index in [1.807, 2.05) is 19.1 Å². The van der Waals surface area contributed by atoms with E-state index >= 15 is 0 Å². The van der Waals surface area contributed by atoms with Crippen molar-refractivity contribution in [2.45, 2.75) is 46.2 Å². The first kappa shape index (κ1) is 15.3. The third-order valence-corrected chi connectivity index (χ3v) is 3.14. The number of aryl methyl sites for hydroxylation is 1. The fourth-order valence-corrected chi connectivity index (χ4v) is 1.91. The van der Waals surface area contributed by atoms with Crippen LogP contribution in [0.4, 0.5) is 0 Å². The molecular weight excluding hydrogens is 252 g/mol. The van der Waals surface area contributed by atoms with Gasteiger partial charge in [-0.1, -0.05) is 13.8 Å². The Labute approximate surface area is 121 Å². The Kier molecular flexibility index (Phi) is 5.80. The second-order valence-electron chi connectivity index (χ2n) is 5.87. The van der Waals surface area contributed by atoms with Crippen molar-refractivity contribution in [3.63, 3.8) is 0 Å². The molecule has 0 saturated heterocycles. The van der Waals surface area contributed by atoms with Gasteiger partial charge in [-0.3, -0.25) is 4.98 Å². The summed E-state index contributed by atoms with van der Waals surface area (Å²) in [6, 6.07) is 4.68. The maximum Gasteiger partial charge on any atom is 0.142 e. The molecule has 1 aromatic rings. The summed E-state index contributed by atoms with van der Waals surface area (Å²) in [6.07, 6.45) is 2.57. The number of nitrogens with one attached hydrogen (secondary N) is 1. The van der Waals surface area contributed by atoms with Crippen LogP contribution in [0.15, 0.2) is 12.1 Å². The molecule has 0 atom stereocenters. The lowest BCUT2D eigenvalue weighted by Crippen LogP contribution is -2.18. The lowest BCUT2D eigenvalue weighted by atomic mass is 10.2. The van der Waals surface area contributed by atoms with E-state index in [-0.39, 0.29) is 0 Å². The van der Waals surface area contributed by atoms with Crippen LogP contribution in [0.2, 0.25) is 0 Å². The van der Waals surface area contributed by atoms with Gasteiger partial charge in [-0.05, 0) is 37.8 Å². The van der Waals surface area contributed by atoms with Gasteiger partial charge in [0.1, 0.15) is 12.4 Å². The Morgan fingerprint density at radius 1 is 1.30 bits per heavy atom. The molecule has 1 aromatic heterocycles. The maximum atomic E-state index is 5.80. The van der Waals surface area contributed by atoms with Crippen molar-refractivity contribution in [3.05, 3.63) is 23.5 Å². The molecule has 1 aliphatic rings. The van der Waals surface area contributed by atoms with Crippen LogP contribution in [0.1, 0.15) is 38.1 Å². The van der Waals surface area contributed by atoms with E-state index in [2.05, 4.69) is 24.1 Å². The predicted molar refractivity (Wildman–Crippen MR) is 80.0 cm³/mol. The van der Waals surface area contributed by atoms with E-state index in [9.17, 15) is 0 Å². The van der Waals surface area contributed by atoms with Gasteiger partial charge in [0.25, 0.3) is 0 Å². The zero-order valence-electron chi connectivity index (χ0n) is 12.8. The van der Waals surface area contributed by atoms with Gasteiger partial charge in [-0.25, -0.2) is 0 Å². The molecule has 0 amide bonds. The Hall–Kier alpha value is -1.13. The van der Waals surface area contributed by atoms with Crippen LogP contribution in [0.5, 0.6) is 5.75 Å². The molecule has 1 aliphatic carbocycles. The summed E-state index contributed by atoms with van der Waals surface area (Å²) >= 11 is 0. The van der Waals surface area contributed by atoms with Crippen LogP contribution in [0.25, 0.3) is 0 Å². The maximum absolute atomic E-state index is 5.80. The second kappa shape index (κ2) is 7.60. The average molecular weight is 278 g/mol. The fourth-order valence-electron chi connectivity index (χ4n) is 1.91. The fraction of sp³-hybridized carbons (Fsp3) is 0.688. The van der Waals surface area contributed by atoms with Gasteiger partial charge in [-0.15, -0.1) is 0 Å². The average Bonchev–Trinajstić information content (AvgIpc) is 3.21. The van der Waals surface area contributed by atoms with Gasteiger partial charge < -0.3 is 14.8 Å². The van der Waals surface area contributed by atoms with E-state index in [0.717, 1.165) is 30.3 Å². The zero-order chi connectivity index (χ0) is 14.4. The lowest BCUT2D eigenvalue weighted by Gasteiger charge is -2.13. The number of ether oxygens (including phenoxy) is 2. The molecule has 4 heteroatoms. The van der Waals surface area contributed by atoms with Crippen molar-refractivity contribution in [3.8, 4) is 5.75 Å². The van der Waals surface area contributed by atoms with Crippen LogP contribution in [-0.4, -0.2) is 30.8 Å². The van der Waals surface area contributed by atoms with Crippen molar-refractivity contribution in [2.24, 2.45) is 5.92 Å². The molecule has 0 unspecified atom stereocenters. The zero-order valence-corrected chi connectivity index (χ0v) is 12.8. The molecule has 1 N–H and O–H groups in total. The summed E-state index contributed by atoms with van der Waals surface area (Å²) in [5.41, 5.74) is 2.03. The molecular formula is C16H26N2O2. The Balaban J connectivity index is 1.79. The number of aromatic nitrogens is 1. The molecule has 0 spiro atoms. The van der Waals surface area contributed by atoms with E-state index in [1.165, 1.54) is 12.8 Å². The number of nitrogens with zero attached hydrogens (tertiary/aromatic N) is 1. The Morgan fingerprint density at radius 3 is 2.80 bits per heavy atom. The van der Waals surface area contributed by atoms with Crippen LogP contribution < -0.4 is 10.1 Å². The summed E-state index contributed by atoms with van der Waals surface area (Å²) in [5, 5.41) is 3.48. The highest BCUT2D eigenvalue weighted by Gasteiger charge is 2.21. The van der Waals surface area contributed by atoms with Crippen LogP contribution in [0.3, 0.4) is 0 Å². The monoisotopic (exact) mass is 278 g/mol. The van der Waals surface area contributed by atoms with Crippen LogP contribution >= 0.6 is 0 Å². The standard InChI is InChI=1S/C16H26N2O2/c1-12(2)11-19-8-9-20-16-7-4-13(3)18-15(16)10-17-14-5-6-14/h4,7,12,14,17H,5-6,8-11H2,1-3H3. The largest absolute Gasteiger partial charge is 0.489 e. The molecule has 0 aliphatic heterocycles. The highest BCUT2D eigenvalue weighted by molar-refractivity contribution is 5.29. The summed E-state index contributed by atoms with van der Waals surface area (Å²) in [5.74, 6) is 1.44. The molecule has 1 saturated carbocycles. The predicted octanol–water partition coefficient (Wildman–Crippen LogP) is 2.69. The molecule has 112 valence electrons. The summed E-state index contributed by atoms with van der Waals surface area (Å²) in [6.45, 7) is 9.07. The highest BCUT2D eigenvalue weighted by atomic mass is 16.5. The normalized spacial score (nSPS) is 14.8. The summed E-state index contributed by atoms with van der Waals surface area (Å²) in [7, 11) is 0. The quantitative estimate of drug-likeness (QED) is 0.705. The summed E-state index contributed by atoms with van der Waals surface area (Å²) < 4.78 is 11.3. The third-order valence-electron chi connectivity index (χ3n) is 3.14. The van der Waals surface area contributed by atoms with E-state index in [0.29, 0.717) is 25.2 Å². The lowest BCUT2D eigenvalue weighted by molar-refractivity contribution is 0.0814. The van der Waals surface area contributed by atoms with Gasteiger partial charge in [0.2, 0.25) is 0 Å². The smallest absolute Gasteiger partial charge is 0.142 e. The topological polar surface area (TPSA) is 43.4 Å². The van der Waals surface area contributed by atoms with E-state index in [1.54, 1.807) is 0 Å². The SMILES string of the molecule is Cc1ccc(OCCOCC(C)C)c(CNC2CC2)n1. The minimum absolute atomic E-state index is 0.564. The van der Waals surface area contributed by atoms with Gasteiger partial charge >= 0.3 is 0 Å².